The fourth-order valence-electron chi connectivity index (χ4n) is 3.76. The van der Waals surface area contributed by atoms with E-state index in [1.807, 2.05) is 12.1 Å². The summed E-state index contributed by atoms with van der Waals surface area (Å²) in [7, 11) is -3.55. The minimum Gasteiger partial charge on any atom is -0.325 e. The zero-order valence-corrected chi connectivity index (χ0v) is 17.0. The topological polar surface area (TPSA) is 108 Å². The fourth-order valence-corrected chi connectivity index (χ4v) is 4.75. The quantitative estimate of drug-likeness (QED) is 0.739. The Balaban J connectivity index is 1.61. The molecule has 9 heteroatoms. The van der Waals surface area contributed by atoms with E-state index in [1.165, 1.54) is 0 Å². The molecule has 0 aromatic heterocycles. The second-order valence-corrected chi connectivity index (χ2v) is 9.42. The number of rotatable bonds is 2. The minimum atomic E-state index is -3.55. The molecule has 0 bridgehead atoms. The van der Waals surface area contributed by atoms with E-state index in [1.54, 1.807) is 21.9 Å². The molecule has 0 aliphatic carbocycles. The van der Waals surface area contributed by atoms with Crippen LogP contribution in [0.5, 0.6) is 0 Å². The first kappa shape index (κ1) is 20.6. The van der Waals surface area contributed by atoms with Crippen LogP contribution in [0, 0.1) is 11.3 Å². The number of hydrogen-bond acceptors (Lipinski definition) is 4. The molecule has 2 aliphatic heterocycles. The molecule has 28 heavy (non-hydrogen) atoms. The minimum absolute atomic E-state index is 0.0723. The standard InChI is InChI=1S/C19H23ClN4O3S/c20-16-3-1-14(2-4-16)18(13-21)15-5-9-23(10-6-15)19(25)24-11-7-17(8-12-24)28(22,26)27/h1-4,17H,5-12H2,(H2,22,26,27). The van der Waals surface area contributed by atoms with E-state index in [0.717, 1.165) is 11.1 Å². The Hall–Kier alpha value is -2.08. The number of piperidine rings is 2. The highest BCUT2D eigenvalue weighted by molar-refractivity contribution is 7.89. The molecule has 0 spiro atoms. The molecule has 2 saturated heterocycles. The van der Waals surface area contributed by atoms with E-state index < -0.39 is 15.3 Å². The Morgan fingerprint density at radius 1 is 1.07 bits per heavy atom. The number of likely N-dealkylation sites (tertiary alicyclic amines) is 2. The molecule has 1 aromatic rings. The molecule has 3 rings (SSSR count). The van der Waals surface area contributed by atoms with Crippen LogP contribution in [-0.4, -0.2) is 55.7 Å². The maximum absolute atomic E-state index is 12.7. The third-order valence-electron chi connectivity index (χ3n) is 5.41. The number of hydrogen-bond donors (Lipinski definition) is 1. The van der Waals surface area contributed by atoms with Crippen molar-refractivity contribution in [2.45, 2.75) is 30.9 Å². The summed E-state index contributed by atoms with van der Waals surface area (Å²) in [6.07, 6.45) is 2.03. The van der Waals surface area contributed by atoms with Crippen molar-refractivity contribution in [3.05, 3.63) is 40.4 Å². The molecule has 2 amide bonds. The Kier molecular flexibility index (Phi) is 6.28. The summed E-state index contributed by atoms with van der Waals surface area (Å²) in [4.78, 5) is 16.2. The molecule has 2 N–H and O–H groups in total. The molecular weight excluding hydrogens is 400 g/mol. The van der Waals surface area contributed by atoms with Crippen molar-refractivity contribution in [2.75, 3.05) is 26.2 Å². The van der Waals surface area contributed by atoms with Gasteiger partial charge in [0.05, 0.1) is 16.9 Å². The van der Waals surface area contributed by atoms with Crippen molar-refractivity contribution < 1.29 is 13.2 Å². The maximum atomic E-state index is 12.7. The van der Waals surface area contributed by atoms with Crippen molar-refractivity contribution in [3.8, 4) is 6.07 Å². The zero-order chi connectivity index (χ0) is 20.3. The van der Waals surface area contributed by atoms with Gasteiger partial charge in [-0.1, -0.05) is 23.7 Å². The number of carbonyl (C=O) groups excluding carboxylic acids is 1. The van der Waals surface area contributed by atoms with E-state index in [9.17, 15) is 18.5 Å². The first-order chi connectivity index (χ1) is 13.3. The lowest BCUT2D eigenvalue weighted by molar-refractivity contribution is 0.140. The highest BCUT2D eigenvalue weighted by Crippen LogP contribution is 2.28. The maximum Gasteiger partial charge on any atom is 0.320 e. The SMILES string of the molecule is N#CC(=C1CCN(C(=O)N2CCC(S(N)(=O)=O)CC2)CC1)c1ccc(Cl)cc1. The van der Waals surface area contributed by atoms with Crippen LogP contribution in [0.25, 0.3) is 5.57 Å². The Morgan fingerprint density at radius 3 is 2.11 bits per heavy atom. The van der Waals surface area contributed by atoms with Crippen LogP contribution < -0.4 is 5.14 Å². The lowest BCUT2D eigenvalue weighted by atomic mass is 9.94. The van der Waals surface area contributed by atoms with Crippen LogP contribution >= 0.6 is 11.6 Å². The number of sulfonamides is 1. The monoisotopic (exact) mass is 422 g/mol. The van der Waals surface area contributed by atoms with E-state index in [4.69, 9.17) is 16.7 Å². The number of primary sulfonamides is 1. The molecule has 2 aliphatic rings. The predicted octanol–water partition coefficient (Wildman–Crippen LogP) is 2.59. The summed E-state index contributed by atoms with van der Waals surface area (Å²) in [5.41, 5.74) is 2.53. The number of allylic oxidation sites excluding steroid dienone is 1. The Bertz CT molecular complexity index is 903. The van der Waals surface area contributed by atoms with Crippen LogP contribution in [0.3, 0.4) is 0 Å². The largest absolute Gasteiger partial charge is 0.325 e. The van der Waals surface area contributed by atoms with Gasteiger partial charge in [-0.3, -0.25) is 0 Å². The van der Waals surface area contributed by atoms with Crippen molar-refractivity contribution in [2.24, 2.45) is 5.14 Å². The van der Waals surface area contributed by atoms with Gasteiger partial charge in [-0.25, -0.2) is 18.4 Å². The first-order valence-corrected chi connectivity index (χ1v) is 11.2. The van der Waals surface area contributed by atoms with Gasteiger partial charge in [-0.15, -0.1) is 0 Å². The molecule has 0 atom stereocenters. The molecule has 150 valence electrons. The molecule has 1 aromatic carbocycles. The summed E-state index contributed by atoms with van der Waals surface area (Å²) in [5, 5.41) is 14.8. The number of urea groups is 1. The van der Waals surface area contributed by atoms with Crippen LogP contribution in [0.4, 0.5) is 4.79 Å². The van der Waals surface area contributed by atoms with Gasteiger partial charge in [0.2, 0.25) is 10.0 Å². The van der Waals surface area contributed by atoms with Crippen molar-refractivity contribution in [1.29, 1.82) is 5.26 Å². The number of nitriles is 1. The second kappa shape index (κ2) is 8.52. The highest BCUT2D eigenvalue weighted by atomic mass is 35.5. The summed E-state index contributed by atoms with van der Waals surface area (Å²) < 4.78 is 22.9. The Labute approximate surface area is 170 Å². The van der Waals surface area contributed by atoms with Crippen molar-refractivity contribution >= 4 is 33.2 Å². The molecule has 0 radical (unpaired) electrons. The molecule has 0 unspecified atom stereocenters. The van der Waals surface area contributed by atoms with E-state index >= 15 is 0 Å². The summed E-state index contributed by atoms with van der Waals surface area (Å²) in [6, 6.07) is 9.41. The van der Waals surface area contributed by atoms with Crippen LogP contribution in [-0.2, 0) is 10.0 Å². The zero-order valence-electron chi connectivity index (χ0n) is 15.5. The van der Waals surface area contributed by atoms with Crippen molar-refractivity contribution in [3.63, 3.8) is 0 Å². The van der Waals surface area contributed by atoms with Crippen LogP contribution in [0.15, 0.2) is 29.8 Å². The number of halogens is 1. The van der Waals surface area contributed by atoms with Crippen LogP contribution in [0.1, 0.15) is 31.2 Å². The van der Waals surface area contributed by atoms with Crippen molar-refractivity contribution in [1.82, 2.24) is 9.80 Å². The van der Waals surface area contributed by atoms with Gasteiger partial charge in [0.15, 0.2) is 0 Å². The average molecular weight is 423 g/mol. The number of benzene rings is 1. The molecule has 2 heterocycles. The molecular formula is C19H23ClN4O3S. The van der Waals surface area contributed by atoms with Gasteiger partial charge in [0.25, 0.3) is 0 Å². The average Bonchev–Trinajstić information content (AvgIpc) is 2.69. The molecule has 0 saturated carbocycles. The fraction of sp³-hybridized carbons (Fsp3) is 0.474. The third kappa shape index (κ3) is 4.66. The summed E-state index contributed by atoms with van der Waals surface area (Å²) in [5.74, 6) is 0. The van der Waals surface area contributed by atoms with E-state index in [2.05, 4.69) is 6.07 Å². The number of nitrogens with two attached hydrogens (primary N) is 1. The third-order valence-corrected chi connectivity index (χ3v) is 7.07. The van der Waals surface area contributed by atoms with Gasteiger partial charge in [0.1, 0.15) is 0 Å². The van der Waals surface area contributed by atoms with E-state index in [0.29, 0.717) is 62.5 Å². The van der Waals surface area contributed by atoms with Crippen LogP contribution in [0.2, 0.25) is 5.02 Å². The van der Waals surface area contributed by atoms with Gasteiger partial charge in [-0.2, -0.15) is 5.26 Å². The van der Waals surface area contributed by atoms with Gasteiger partial charge in [0, 0.05) is 31.2 Å². The highest BCUT2D eigenvalue weighted by Gasteiger charge is 2.32. The lowest BCUT2D eigenvalue weighted by Crippen LogP contribution is -2.50. The number of amides is 2. The second-order valence-electron chi connectivity index (χ2n) is 7.14. The predicted molar refractivity (Wildman–Crippen MR) is 108 cm³/mol. The van der Waals surface area contributed by atoms with Gasteiger partial charge in [-0.05, 0) is 49.0 Å². The molecule has 2 fully saturated rings. The Morgan fingerprint density at radius 2 is 1.61 bits per heavy atom. The van der Waals surface area contributed by atoms with Gasteiger partial charge >= 0.3 is 6.03 Å². The summed E-state index contributed by atoms with van der Waals surface area (Å²) in [6.45, 7) is 1.88. The normalized spacial score (nSPS) is 18.7. The van der Waals surface area contributed by atoms with E-state index in [-0.39, 0.29) is 6.03 Å². The lowest BCUT2D eigenvalue weighted by Gasteiger charge is -2.37. The summed E-state index contributed by atoms with van der Waals surface area (Å²) >= 11 is 5.92. The number of nitrogens with zero attached hydrogens (tertiary/aromatic N) is 3. The number of carbonyl (C=O) groups is 1. The molecule has 7 nitrogen and oxygen atoms in total. The smallest absolute Gasteiger partial charge is 0.320 e. The van der Waals surface area contributed by atoms with Gasteiger partial charge < -0.3 is 9.80 Å². The first-order valence-electron chi connectivity index (χ1n) is 9.23.